The Kier molecular flexibility index (Phi) is 2.72. The second-order valence-corrected chi connectivity index (χ2v) is 2.47. The van der Waals surface area contributed by atoms with Crippen molar-refractivity contribution >= 4 is 21.9 Å². The quantitative estimate of drug-likeness (QED) is 0.479. The average Bonchev–Trinajstić information content (AvgIpc) is 2.31. The van der Waals surface area contributed by atoms with Crippen LogP contribution in [0.4, 0.5) is 0 Å². The molecule has 1 heterocycles. The lowest BCUT2D eigenvalue weighted by molar-refractivity contribution is -0.139. The van der Waals surface area contributed by atoms with Gasteiger partial charge < -0.3 is 4.74 Å². The van der Waals surface area contributed by atoms with Crippen LogP contribution in [0.1, 0.15) is 12.8 Å². The molecule has 0 N–H and O–H groups in total. The van der Waals surface area contributed by atoms with Gasteiger partial charge in [-0.15, -0.1) is 5.73 Å². The van der Waals surface area contributed by atoms with Crippen LogP contribution >= 0.6 is 15.9 Å². The molecule has 0 spiro atoms. The minimum absolute atomic E-state index is 0.0544. The third-order valence-corrected chi connectivity index (χ3v) is 1.53. The maximum atomic E-state index is 10.5. The Morgan fingerprint density at radius 1 is 1.80 bits per heavy atom. The van der Waals surface area contributed by atoms with Gasteiger partial charge in [0.2, 0.25) is 0 Å². The molecule has 0 aromatic heterocycles. The topological polar surface area (TPSA) is 26.3 Å². The van der Waals surface area contributed by atoms with Crippen molar-refractivity contribution in [3.05, 3.63) is 16.8 Å². The molecule has 10 heavy (non-hydrogen) atoms. The van der Waals surface area contributed by atoms with Gasteiger partial charge in [-0.05, 0) is 12.5 Å². The molecule has 0 amide bonds. The molecule has 3 heteroatoms. The summed E-state index contributed by atoms with van der Waals surface area (Å²) in [5, 5.41) is 0. The lowest BCUT2D eigenvalue weighted by Crippen LogP contribution is -2.01. The Bertz CT molecular complexity index is 192. The molecule has 0 unspecified atom stereocenters. The van der Waals surface area contributed by atoms with E-state index in [9.17, 15) is 4.79 Å². The Hall–Kier alpha value is -0.530. The van der Waals surface area contributed by atoms with Crippen molar-refractivity contribution in [1.29, 1.82) is 0 Å². The summed E-state index contributed by atoms with van der Waals surface area (Å²) in [6.45, 7) is 0. The van der Waals surface area contributed by atoms with Gasteiger partial charge in [-0.3, -0.25) is 4.79 Å². The molecule has 1 saturated heterocycles. The number of hydrogen-bond acceptors (Lipinski definition) is 2. The molecule has 1 aliphatic heterocycles. The molecule has 1 rings (SSSR count). The first-order valence-corrected chi connectivity index (χ1v) is 3.95. The third-order valence-electron chi connectivity index (χ3n) is 1.26. The number of halogens is 1. The highest BCUT2D eigenvalue weighted by Gasteiger charge is 2.20. The molecule has 2 nitrogen and oxygen atoms in total. The zero-order valence-electron chi connectivity index (χ0n) is 5.34. The summed E-state index contributed by atoms with van der Waals surface area (Å²) in [6.07, 6.45) is 3.00. The van der Waals surface area contributed by atoms with E-state index in [1.165, 1.54) is 0 Å². The summed E-state index contributed by atoms with van der Waals surface area (Å²) in [6, 6.07) is 0. The zero-order chi connectivity index (χ0) is 7.40. The number of esters is 1. The maximum absolute atomic E-state index is 10.5. The van der Waals surface area contributed by atoms with Gasteiger partial charge in [0.25, 0.3) is 0 Å². The highest BCUT2D eigenvalue weighted by atomic mass is 79.9. The molecular weight excluding hydrogens is 196 g/mol. The van der Waals surface area contributed by atoms with Crippen LogP contribution in [0.15, 0.2) is 16.8 Å². The van der Waals surface area contributed by atoms with E-state index in [1.807, 2.05) is 0 Å². The smallest absolute Gasteiger partial charge is 0.306 e. The first-order chi connectivity index (χ1) is 4.83. The van der Waals surface area contributed by atoms with Crippen LogP contribution in [0.25, 0.3) is 0 Å². The molecule has 0 aromatic carbocycles. The van der Waals surface area contributed by atoms with E-state index in [0.717, 1.165) is 6.42 Å². The molecular formula is C7H7BrO2. The Morgan fingerprint density at radius 3 is 3.10 bits per heavy atom. The van der Waals surface area contributed by atoms with Crippen LogP contribution in [0.2, 0.25) is 0 Å². The minimum Gasteiger partial charge on any atom is -0.457 e. The maximum Gasteiger partial charge on any atom is 0.306 e. The average molecular weight is 203 g/mol. The number of ether oxygens (including phenoxy) is 1. The number of rotatable bonds is 1. The molecule has 1 aliphatic rings. The largest absolute Gasteiger partial charge is 0.457 e. The van der Waals surface area contributed by atoms with Crippen LogP contribution in [0.3, 0.4) is 0 Å². The highest BCUT2D eigenvalue weighted by Crippen LogP contribution is 2.13. The summed E-state index contributed by atoms with van der Waals surface area (Å²) in [4.78, 5) is 12.1. The van der Waals surface area contributed by atoms with Crippen molar-refractivity contribution in [2.24, 2.45) is 0 Å². The lowest BCUT2D eigenvalue weighted by Gasteiger charge is -1.97. The summed E-state index contributed by atoms with van der Waals surface area (Å²) < 4.78 is 4.87. The normalized spacial score (nSPS) is 23.3. The minimum atomic E-state index is -0.113. The van der Waals surface area contributed by atoms with E-state index in [-0.39, 0.29) is 12.1 Å². The van der Waals surface area contributed by atoms with Crippen molar-refractivity contribution in [2.75, 3.05) is 0 Å². The fourth-order valence-corrected chi connectivity index (χ4v) is 0.960. The van der Waals surface area contributed by atoms with Crippen molar-refractivity contribution in [1.82, 2.24) is 0 Å². The lowest BCUT2D eigenvalue weighted by atomic mass is 10.2. The zero-order valence-corrected chi connectivity index (χ0v) is 6.93. The first kappa shape index (κ1) is 7.58. The Balaban J connectivity index is 2.45. The van der Waals surface area contributed by atoms with Crippen LogP contribution in [-0.2, 0) is 9.53 Å². The van der Waals surface area contributed by atoms with E-state index in [2.05, 4.69) is 21.7 Å². The predicted molar refractivity (Wildman–Crippen MR) is 40.7 cm³/mol. The van der Waals surface area contributed by atoms with E-state index in [4.69, 9.17) is 4.74 Å². The van der Waals surface area contributed by atoms with Gasteiger partial charge in [0, 0.05) is 11.4 Å². The van der Waals surface area contributed by atoms with Gasteiger partial charge in [0.1, 0.15) is 6.10 Å². The van der Waals surface area contributed by atoms with Gasteiger partial charge in [-0.2, -0.15) is 0 Å². The van der Waals surface area contributed by atoms with Crippen LogP contribution in [0.5, 0.6) is 0 Å². The Morgan fingerprint density at radius 2 is 2.60 bits per heavy atom. The van der Waals surface area contributed by atoms with Crippen molar-refractivity contribution in [3.63, 3.8) is 0 Å². The molecule has 0 bridgehead atoms. The van der Waals surface area contributed by atoms with E-state index in [0.29, 0.717) is 6.42 Å². The van der Waals surface area contributed by atoms with Gasteiger partial charge in [0.15, 0.2) is 0 Å². The third kappa shape index (κ3) is 2.01. The fraction of sp³-hybridized carbons (Fsp3) is 0.429. The molecule has 54 valence electrons. The Labute approximate surface area is 67.7 Å². The van der Waals surface area contributed by atoms with Crippen molar-refractivity contribution in [2.45, 2.75) is 18.9 Å². The fourth-order valence-electron chi connectivity index (χ4n) is 0.808. The van der Waals surface area contributed by atoms with E-state index < -0.39 is 0 Å². The molecule has 0 radical (unpaired) electrons. The van der Waals surface area contributed by atoms with E-state index >= 15 is 0 Å². The van der Waals surface area contributed by atoms with Crippen LogP contribution in [0, 0.1) is 0 Å². The number of hydrogen-bond donors (Lipinski definition) is 0. The molecule has 0 aliphatic carbocycles. The standard InChI is InChI=1S/C7H7BrO2/c8-5-1-2-6-3-4-7(9)10-6/h2,5-6H,3-4H2/t1?,6-/m0/s1. The van der Waals surface area contributed by atoms with Gasteiger partial charge in [-0.25, -0.2) is 0 Å². The monoisotopic (exact) mass is 202 g/mol. The molecule has 1 atom stereocenters. The predicted octanol–water partition coefficient (Wildman–Crippen LogP) is 1.76. The number of cyclic esters (lactones) is 1. The number of carbonyl (C=O) groups excluding carboxylic acids is 1. The van der Waals surface area contributed by atoms with E-state index in [1.54, 1.807) is 11.1 Å². The molecule has 0 saturated carbocycles. The summed E-state index contributed by atoms with van der Waals surface area (Å²) >= 11 is 3.06. The van der Waals surface area contributed by atoms with Gasteiger partial charge in [0.05, 0.1) is 0 Å². The van der Waals surface area contributed by atoms with Crippen LogP contribution in [-0.4, -0.2) is 12.1 Å². The van der Waals surface area contributed by atoms with Crippen LogP contribution < -0.4 is 0 Å². The molecule has 0 aromatic rings. The summed E-state index contributed by atoms with van der Waals surface area (Å²) in [5.41, 5.74) is 2.80. The van der Waals surface area contributed by atoms with Gasteiger partial charge in [-0.1, -0.05) is 15.9 Å². The highest BCUT2D eigenvalue weighted by molar-refractivity contribution is 9.11. The summed E-state index contributed by atoms with van der Waals surface area (Å²) in [5.74, 6) is -0.113. The van der Waals surface area contributed by atoms with Crippen molar-refractivity contribution in [3.8, 4) is 0 Å². The van der Waals surface area contributed by atoms with Crippen molar-refractivity contribution < 1.29 is 9.53 Å². The second-order valence-electron chi connectivity index (χ2n) is 2.01. The number of carbonyl (C=O) groups is 1. The second kappa shape index (κ2) is 3.59. The molecule has 1 fully saturated rings. The first-order valence-electron chi connectivity index (χ1n) is 3.03. The SMILES string of the molecule is O=C1CC[C@H](C=C=CBr)O1. The van der Waals surface area contributed by atoms with Gasteiger partial charge >= 0.3 is 5.97 Å². The summed E-state index contributed by atoms with van der Waals surface area (Å²) in [7, 11) is 0.